The highest BCUT2D eigenvalue weighted by molar-refractivity contribution is 5.51. The normalized spacial score (nSPS) is 12.2. The van der Waals surface area contributed by atoms with E-state index >= 15 is 0 Å². The molecule has 1 atom stereocenters. The number of rotatable bonds is 8. The zero-order valence-electron chi connectivity index (χ0n) is 18.0. The predicted molar refractivity (Wildman–Crippen MR) is 118 cm³/mol. The molecule has 164 valence electrons. The van der Waals surface area contributed by atoms with Gasteiger partial charge in [-0.15, -0.1) is 0 Å². The molecule has 0 aliphatic rings. The van der Waals surface area contributed by atoms with Crippen LogP contribution in [-0.4, -0.2) is 40.2 Å². The van der Waals surface area contributed by atoms with E-state index in [0.717, 1.165) is 5.56 Å². The molecule has 3 rings (SSSR count). The van der Waals surface area contributed by atoms with Crippen LogP contribution < -0.4 is 20.7 Å². The van der Waals surface area contributed by atoms with E-state index in [4.69, 9.17) is 9.47 Å². The Morgan fingerprint density at radius 1 is 0.968 bits per heavy atom. The summed E-state index contributed by atoms with van der Waals surface area (Å²) in [7, 11) is 3.05. The van der Waals surface area contributed by atoms with Gasteiger partial charge in [0, 0.05) is 18.2 Å². The van der Waals surface area contributed by atoms with E-state index < -0.39 is 23.2 Å². The largest absolute Gasteiger partial charge is 0.494 e. The first-order valence-electron chi connectivity index (χ1n) is 9.93. The molecule has 0 bridgehead atoms. The molecule has 3 aromatic rings. The van der Waals surface area contributed by atoms with Gasteiger partial charge in [-0.1, -0.05) is 42.5 Å². The van der Waals surface area contributed by atoms with Gasteiger partial charge in [-0.2, -0.15) is 0 Å². The Hall–Kier alpha value is -3.52. The molecule has 0 radical (unpaired) electrons. The van der Waals surface area contributed by atoms with Crippen molar-refractivity contribution < 1.29 is 14.6 Å². The second kappa shape index (κ2) is 9.53. The highest BCUT2D eigenvalue weighted by Gasteiger charge is 2.33. The molecular weight excluding hydrogens is 398 g/mol. The maximum Gasteiger partial charge on any atom is 0.328 e. The van der Waals surface area contributed by atoms with Crippen molar-refractivity contribution in [1.82, 2.24) is 14.9 Å². The summed E-state index contributed by atoms with van der Waals surface area (Å²) >= 11 is 0. The number of nitrogens with one attached hydrogen (secondary N) is 2. The van der Waals surface area contributed by atoms with Gasteiger partial charge in [0.1, 0.15) is 0 Å². The van der Waals surface area contributed by atoms with Crippen LogP contribution in [0.5, 0.6) is 17.4 Å². The van der Waals surface area contributed by atoms with E-state index in [1.807, 2.05) is 50.2 Å². The van der Waals surface area contributed by atoms with Crippen LogP contribution in [0.25, 0.3) is 0 Å². The first kappa shape index (κ1) is 22.2. The highest BCUT2D eigenvalue weighted by atomic mass is 16.5. The third-order valence-electron chi connectivity index (χ3n) is 5.16. The fourth-order valence-electron chi connectivity index (χ4n) is 3.73. The smallest absolute Gasteiger partial charge is 0.328 e. The number of benzene rings is 2. The van der Waals surface area contributed by atoms with Crippen LogP contribution in [0, 0.1) is 0 Å². The fourth-order valence-corrected chi connectivity index (χ4v) is 3.73. The zero-order valence-corrected chi connectivity index (χ0v) is 18.0. The summed E-state index contributed by atoms with van der Waals surface area (Å²) < 4.78 is 11.1. The Morgan fingerprint density at radius 2 is 1.68 bits per heavy atom. The minimum absolute atomic E-state index is 0.0239. The molecular formula is C23H27N3O5. The molecule has 0 saturated carbocycles. The first-order valence-corrected chi connectivity index (χ1v) is 9.93. The van der Waals surface area contributed by atoms with E-state index in [2.05, 4.69) is 14.9 Å². The van der Waals surface area contributed by atoms with Crippen LogP contribution in [0.4, 0.5) is 0 Å². The van der Waals surface area contributed by atoms with Gasteiger partial charge >= 0.3 is 5.69 Å². The lowest BCUT2D eigenvalue weighted by molar-refractivity contribution is 0.161. The highest BCUT2D eigenvalue weighted by Crippen LogP contribution is 2.41. The molecule has 0 amide bonds. The Labute approximate surface area is 180 Å². The van der Waals surface area contributed by atoms with Gasteiger partial charge in [-0.25, -0.2) is 4.79 Å². The summed E-state index contributed by atoms with van der Waals surface area (Å²) in [4.78, 5) is 31.2. The maximum atomic E-state index is 12.9. The van der Waals surface area contributed by atoms with Gasteiger partial charge in [0.05, 0.1) is 25.8 Å². The van der Waals surface area contributed by atoms with Crippen molar-refractivity contribution in [1.29, 1.82) is 0 Å². The third kappa shape index (κ3) is 4.64. The standard InChI is InChI=1S/C23H27N3O5/c1-14(2)26(13-15-9-6-5-7-10-15)19(18-21(27)24-23(29)25-22(18)28)16-11-8-12-17(30-3)20(16)31-4/h5-12,14,19H,13H2,1-4H3,(H3,24,25,27,28,29)/t19-/m0/s1. The Kier molecular flexibility index (Phi) is 6.81. The fraction of sp³-hybridized carbons (Fsp3) is 0.304. The number of hydrogen-bond acceptors (Lipinski definition) is 6. The van der Waals surface area contributed by atoms with E-state index in [1.165, 1.54) is 14.2 Å². The van der Waals surface area contributed by atoms with Crippen molar-refractivity contribution in [3.8, 4) is 17.4 Å². The first-order chi connectivity index (χ1) is 14.9. The van der Waals surface area contributed by atoms with Crippen molar-refractivity contribution in [2.75, 3.05) is 14.2 Å². The van der Waals surface area contributed by atoms with Gasteiger partial charge in [-0.3, -0.25) is 19.7 Å². The third-order valence-corrected chi connectivity index (χ3v) is 5.16. The number of aromatic amines is 2. The van der Waals surface area contributed by atoms with Gasteiger partial charge in [0.15, 0.2) is 11.5 Å². The molecule has 2 aromatic carbocycles. The van der Waals surface area contributed by atoms with Crippen LogP contribution in [0.1, 0.15) is 36.6 Å². The summed E-state index contributed by atoms with van der Waals surface area (Å²) in [6.07, 6.45) is 0. The zero-order chi connectivity index (χ0) is 22.5. The molecule has 1 heterocycles. The van der Waals surface area contributed by atoms with E-state index in [0.29, 0.717) is 23.6 Å². The quantitative estimate of drug-likeness (QED) is 0.512. The SMILES string of the molecule is COc1cccc([C@@H](c2c(O)[nH]c(=O)[nH]c2=O)N(Cc2ccccc2)C(C)C)c1OC. The summed E-state index contributed by atoms with van der Waals surface area (Å²) in [6.45, 7) is 4.49. The van der Waals surface area contributed by atoms with Crippen molar-refractivity contribution in [3.63, 3.8) is 0 Å². The topological polar surface area (TPSA) is 108 Å². The molecule has 0 saturated heterocycles. The average molecular weight is 425 g/mol. The number of methoxy groups -OCH3 is 2. The molecule has 0 aliphatic carbocycles. The van der Waals surface area contributed by atoms with Crippen molar-refractivity contribution in [2.45, 2.75) is 32.5 Å². The van der Waals surface area contributed by atoms with Crippen LogP contribution in [-0.2, 0) is 6.54 Å². The predicted octanol–water partition coefficient (Wildman–Crippen LogP) is 2.79. The van der Waals surface area contributed by atoms with E-state index in [-0.39, 0.29) is 11.6 Å². The minimum Gasteiger partial charge on any atom is -0.494 e. The van der Waals surface area contributed by atoms with Crippen LogP contribution >= 0.6 is 0 Å². The molecule has 0 spiro atoms. The molecule has 8 nitrogen and oxygen atoms in total. The number of hydrogen-bond donors (Lipinski definition) is 3. The number of aromatic hydroxyl groups is 1. The summed E-state index contributed by atoms with van der Waals surface area (Å²) in [6, 6.07) is 14.4. The Balaban J connectivity index is 2.29. The van der Waals surface area contributed by atoms with Gasteiger partial charge in [0.25, 0.3) is 5.56 Å². The van der Waals surface area contributed by atoms with Crippen molar-refractivity contribution >= 4 is 0 Å². The molecule has 0 unspecified atom stereocenters. The molecule has 1 aromatic heterocycles. The lowest BCUT2D eigenvalue weighted by atomic mass is 9.95. The average Bonchev–Trinajstić information content (AvgIpc) is 2.74. The Morgan fingerprint density at radius 3 is 2.26 bits per heavy atom. The van der Waals surface area contributed by atoms with Crippen LogP contribution in [0.15, 0.2) is 58.1 Å². The molecule has 0 fully saturated rings. The lowest BCUT2D eigenvalue weighted by Gasteiger charge is -2.36. The second-order valence-corrected chi connectivity index (χ2v) is 7.41. The van der Waals surface area contributed by atoms with Crippen molar-refractivity contribution in [2.24, 2.45) is 0 Å². The van der Waals surface area contributed by atoms with Crippen molar-refractivity contribution in [3.05, 3.63) is 86.1 Å². The monoisotopic (exact) mass is 425 g/mol. The molecule has 0 aliphatic heterocycles. The van der Waals surface area contributed by atoms with Gasteiger partial charge < -0.3 is 14.6 Å². The Bertz CT molecular complexity index is 1140. The van der Waals surface area contributed by atoms with E-state index in [1.54, 1.807) is 12.1 Å². The maximum absolute atomic E-state index is 12.9. The summed E-state index contributed by atoms with van der Waals surface area (Å²) in [5.41, 5.74) is 0.232. The molecule has 31 heavy (non-hydrogen) atoms. The molecule has 3 N–H and O–H groups in total. The van der Waals surface area contributed by atoms with Crippen LogP contribution in [0.2, 0.25) is 0 Å². The number of nitrogens with zero attached hydrogens (tertiary/aromatic N) is 1. The second-order valence-electron chi connectivity index (χ2n) is 7.41. The number of ether oxygens (including phenoxy) is 2. The van der Waals surface area contributed by atoms with Gasteiger partial charge in [0.2, 0.25) is 5.88 Å². The number of aromatic nitrogens is 2. The minimum atomic E-state index is -0.776. The van der Waals surface area contributed by atoms with Gasteiger partial charge in [-0.05, 0) is 25.5 Å². The molecule has 8 heteroatoms. The van der Waals surface area contributed by atoms with E-state index in [9.17, 15) is 14.7 Å². The number of H-pyrrole nitrogens is 2. The summed E-state index contributed by atoms with van der Waals surface area (Å²) in [5.74, 6) is 0.454. The van der Waals surface area contributed by atoms with Crippen LogP contribution in [0.3, 0.4) is 0 Å². The number of para-hydroxylation sites is 1. The lowest BCUT2D eigenvalue weighted by Crippen LogP contribution is -2.39. The summed E-state index contributed by atoms with van der Waals surface area (Å²) in [5, 5.41) is 10.6.